The van der Waals surface area contributed by atoms with Crippen molar-refractivity contribution >= 4 is 34.6 Å². The van der Waals surface area contributed by atoms with Gasteiger partial charge in [-0.25, -0.2) is 10.4 Å². The number of nitrogens with zero attached hydrogens (tertiary/aromatic N) is 4. The van der Waals surface area contributed by atoms with Gasteiger partial charge in [0.2, 0.25) is 5.91 Å². The molecule has 0 radical (unpaired) electrons. The molecule has 7 nitrogen and oxygen atoms in total. The average molecular weight is 413 g/mol. The Hall–Kier alpha value is -3.71. The van der Waals surface area contributed by atoms with Crippen LogP contribution >= 0.6 is 0 Å². The van der Waals surface area contributed by atoms with E-state index in [0.717, 1.165) is 11.3 Å². The van der Waals surface area contributed by atoms with E-state index in [4.69, 9.17) is 0 Å². The van der Waals surface area contributed by atoms with Crippen LogP contribution in [0.4, 0.5) is 5.69 Å². The third kappa shape index (κ3) is 3.53. The van der Waals surface area contributed by atoms with Crippen LogP contribution in [0.25, 0.3) is 10.8 Å². The van der Waals surface area contributed by atoms with Gasteiger partial charge in [0, 0.05) is 12.7 Å². The van der Waals surface area contributed by atoms with Crippen LogP contribution in [0.5, 0.6) is 0 Å². The quantitative estimate of drug-likeness (QED) is 0.714. The van der Waals surface area contributed by atoms with Crippen molar-refractivity contribution in [3.63, 3.8) is 0 Å². The summed E-state index contributed by atoms with van der Waals surface area (Å²) in [7, 11) is 1.70. The first-order valence-corrected chi connectivity index (χ1v) is 10.3. The van der Waals surface area contributed by atoms with Crippen LogP contribution in [0.1, 0.15) is 18.0 Å². The van der Waals surface area contributed by atoms with Crippen molar-refractivity contribution in [2.45, 2.75) is 18.5 Å². The molecule has 2 atom stereocenters. The molecule has 3 aromatic carbocycles. The molecule has 2 aliphatic heterocycles. The fraction of sp³-hybridized carbons (Fsp3) is 0.208. The van der Waals surface area contributed by atoms with Crippen molar-refractivity contribution < 1.29 is 9.59 Å². The molecular formula is C24H23N5O2. The molecule has 1 fully saturated rings. The first-order chi connectivity index (χ1) is 15.1. The zero-order valence-corrected chi connectivity index (χ0v) is 17.2. The zero-order valence-electron chi connectivity index (χ0n) is 17.2. The van der Waals surface area contributed by atoms with E-state index in [1.54, 1.807) is 23.3 Å². The fourth-order valence-electron chi connectivity index (χ4n) is 4.24. The van der Waals surface area contributed by atoms with Gasteiger partial charge in [-0.3, -0.25) is 14.6 Å². The minimum atomic E-state index is -0.392. The minimum absolute atomic E-state index is 0.00542. The number of para-hydroxylation sites is 1. The number of hydrazone groups is 1. The summed E-state index contributed by atoms with van der Waals surface area (Å²) in [5.74, 6) is -0.366. The third-order valence-corrected chi connectivity index (χ3v) is 5.96. The predicted octanol–water partition coefficient (Wildman–Crippen LogP) is 2.91. The number of benzene rings is 3. The molecule has 0 aliphatic carbocycles. The molecule has 1 N–H and O–H groups in total. The van der Waals surface area contributed by atoms with E-state index >= 15 is 0 Å². The van der Waals surface area contributed by atoms with Gasteiger partial charge in [0.1, 0.15) is 18.9 Å². The maximum Gasteiger partial charge on any atom is 0.267 e. The number of rotatable bonds is 4. The lowest BCUT2D eigenvalue weighted by molar-refractivity contribution is -0.139. The van der Waals surface area contributed by atoms with Crippen molar-refractivity contribution in [3.05, 3.63) is 78.4 Å². The topological polar surface area (TPSA) is 68.2 Å². The van der Waals surface area contributed by atoms with Gasteiger partial charge in [0.25, 0.3) is 5.91 Å². The van der Waals surface area contributed by atoms with Crippen molar-refractivity contribution in [2.75, 3.05) is 18.5 Å². The molecule has 0 bridgehead atoms. The summed E-state index contributed by atoms with van der Waals surface area (Å²) in [5.41, 5.74) is 5.33. The Labute approximate surface area is 180 Å². The SMILES string of the molecule is CN(C(=O)CN1N=CN2NC(c3cccc4ccccc34)CC2C1=O)c1ccccc1. The average Bonchev–Trinajstić information content (AvgIpc) is 3.25. The highest BCUT2D eigenvalue weighted by molar-refractivity contribution is 5.98. The molecule has 0 aromatic heterocycles. The maximum absolute atomic E-state index is 13.1. The molecule has 1 saturated heterocycles. The number of nitrogens with one attached hydrogen (secondary N) is 1. The highest BCUT2D eigenvalue weighted by Crippen LogP contribution is 2.33. The standard InChI is InChI=1S/C24H23N5O2/c1-27(18-10-3-2-4-11-18)23(30)15-28-24(31)22-14-21(26-29(22)16-25-28)20-13-7-9-17-8-5-6-12-19(17)20/h2-13,16,21-22,26H,14-15H2,1H3. The van der Waals surface area contributed by atoms with Gasteiger partial charge in [-0.15, -0.1) is 0 Å². The molecule has 2 unspecified atom stereocenters. The second kappa shape index (κ2) is 7.85. The van der Waals surface area contributed by atoms with Crippen molar-refractivity contribution in [1.82, 2.24) is 15.4 Å². The molecule has 3 aromatic rings. The van der Waals surface area contributed by atoms with E-state index in [1.165, 1.54) is 15.8 Å². The highest BCUT2D eigenvalue weighted by atomic mass is 16.2. The van der Waals surface area contributed by atoms with Gasteiger partial charge in [-0.05, 0) is 34.9 Å². The number of hydrazine groups is 1. The summed E-state index contributed by atoms with van der Waals surface area (Å²) < 4.78 is 0. The fourth-order valence-corrected chi connectivity index (χ4v) is 4.24. The first-order valence-electron chi connectivity index (χ1n) is 10.3. The lowest BCUT2D eigenvalue weighted by Crippen LogP contribution is -2.52. The minimum Gasteiger partial charge on any atom is -0.314 e. The summed E-state index contributed by atoms with van der Waals surface area (Å²) in [6, 6.07) is 23.4. The molecule has 7 heteroatoms. The second-order valence-electron chi connectivity index (χ2n) is 7.82. The monoisotopic (exact) mass is 413 g/mol. The van der Waals surface area contributed by atoms with E-state index in [2.05, 4.69) is 34.8 Å². The number of fused-ring (bicyclic) bond motifs is 2. The predicted molar refractivity (Wildman–Crippen MR) is 120 cm³/mol. The number of amides is 2. The molecule has 0 saturated carbocycles. The summed E-state index contributed by atoms with van der Waals surface area (Å²) in [6.45, 7) is -0.0933. The number of carbonyl (C=O) groups is 2. The van der Waals surface area contributed by atoms with E-state index in [-0.39, 0.29) is 24.4 Å². The van der Waals surface area contributed by atoms with E-state index < -0.39 is 6.04 Å². The Balaban J connectivity index is 1.31. The second-order valence-corrected chi connectivity index (χ2v) is 7.82. The highest BCUT2D eigenvalue weighted by Gasteiger charge is 2.41. The van der Waals surface area contributed by atoms with Crippen LogP contribution in [-0.2, 0) is 9.59 Å². The van der Waals surface area contributed by atoms with Gasteiger partial charge in [-0.1, -0.05) is 60.7 Å². The first kappa shape index (κ1) is 19.3. The van der Waals surface area contributed by atoms with Crippen molar-refractivity contribution in [2.24, 2.45) is 5.10 Å². The number of anilines is 1. The number of hydrogen-bond donors (Lipinski definition) is 1. The van der Waals surface area contributed by atoms with Crippen LogP contribution in [0.2, 0.25) is 0 Å². The molecule has 2 aliphatic rings. The normalized spacial score (nSPS) is 20.2. The smallest absolute Gasteiger partial charge is 0.267 e. The molecule has 156 valence electrons. The Morgan fingerprint density at radius 1 is 1.06 bits per heavy atom. The number of carbonyl (C=O) groups excluding carboxylic acids is 2. The van der Waals surface area contributed by atoms with Gasteiger partial charge < -0.3 is 4.90 Å². The summed E-state index contributed by atoms with van der Waals surface area (Å²) in [4.78, 5) is 27.4. The summed E-state index contributed by atoms with van der Waals surface area (Å²) >= 11 is 0. The van der Waals surface area contributed by atoms with E-state index in [0.29, 0.717) is 6.42 Å². The van der Waals surface area contributed by atoms with Gasteiger partial charge in [0.15, 0.2) is 0 Å². The van der Waals surface area contributed by atoms with Crippen LogP contribution < -0.4 is 10.3 Å². The molecular weight excluding hydrogens is 390 g/mol. The van der Waals surface area contributed by atoms with Crippen molar-refractivity contribution in [1.29, 1.82) is 0 Å². The van der Waals surface area contributed by atoms with Crippen LogP contribution in [0.15, 0.2) is 77.9 Å². The Morgan fingerprint density at radius 3 is 2.65 bits per heavy atom. The number of likely N-dealkylation sites (N-methyl/N-ethyl adjacent to an activating group) is 1. The lowest BCUT2D eigenvalue weighted by atomic mass is 9.96. The zero-order chi connectivity index (χ0) is 21.4. The summed E-state index contributed by atoms with van der Waals surface area (Å²) in [6.07, 6.45) is 2.21. The van der Waals surface area contributed by atoms with Crippen molar-refractivity contribution in [3.8, 4) is 0 Å². The molecule has 5 rings (SSSR count). The Kier molecular flexibility index (Phi) is 4.88. The third-order valence-electron chi connectivity index (χ3n) is 5.96. The number of hydrogen-bond acceptors (Lipinski definition) is 5. The van der Waals surface area contributed by atoms with Gasteiger partial charge >= 0.3 is 0 Å². The van der Waals surface area contributed by atoms with Crippen LogP contribution in [-0.4, -0.2) is 47.8 Å². The van der Waals surface area contributed by atoms with Crippen LogP contribution in [0, 0.1) is 0 Å². The summed E-state index contributed by atoms with van der Waals surface area (Å²) in [5, 5.41) is 9.61. The van der Waals surface area contributed by atoms with Gasteiger partial charge in [0.05, 0.1) is 6.04 Å². The lowest BCUT2D eigenvalue weighted by Gasteiger charge is -2.30. The molecule has 2 amide bonds. The molecule has 0 spiro atoms. The molecule has 31 heavy (non-hydrogen) atoms. The maximum atomic E-state index is 13.1. The largest absolute Gasteiger partial charge is 0.314 e. The molecule has 2 heterocycles. The Morgan fingerprint density at radius 2 is 1.81 bits per heavy atom. The van der Waals surface area contributed by atoms with Gasteiger partial charge in [-0.2, -0.15) is 5.10 Å². The Bertz CT molecular complexity index is 1160. The van der Waals surface area contributed by atoms with E-state index in [1.807, 2.05) is 48.5 Å². The van der Waals surface area contributed by atoms with E-state index in [9.17, 15) is 9.59 Å². The van der Waals surface area contributed by atoms with Crippen LogP contribution in [0.3, 0.4) is 0 Å².